The minimum atomic E-state index is -0.823. The molecule has 2 aliphatic rings. The Balaban J connectivity index is 1.34. The van der Waals surface area contributed by atoms with E-state index >= 15 is 0 Å². The average Bonchev–Trinajstić information content (AvgIpc) is 3.47. The molecule has 0 saturated carbocycles. The van der Waals surface area contributed by atoms with Crippen molar-refractivity contribution in [2.75, 3.05) is 23.9 Å². The molecule has 0 spiro atoms. The van der Waals surface area contributed by atoms with Crippen LogP contribution in [0.3, 0.4) is 0 Å². The van der Waals surface area contributed by atoms with Crippen LogP contribution in [-0.4, -0.2) is 41.7 Å². The number of nitrogens with zero attached hydrogens (tertiary/aromatic N) is 1. The number of methoxy groups -OCH3 is 1. The molecule has 42 heavy (non-hydrogen) atoms. The summed E-state index contributed by atoms with van der Waals surface area (Å²) >= 11 is 8.61. The first-order valence-electron chi connectivity index (χ1n) is 12.9. The highest BCUT2D eigenvalue weighted by atomic mass is 35.5. The largest absolute Gasteiger partial charge is 0.497 e. The number of carbonyl (C=O) groups is 3. The summed E-state index contributed by atoms with van der Waals surface area (Å²) in [6.45, 7) is 1.60. The maximum Gasteiger partial charge on any atom is 0.305 e. The number of ether oxygens (including phenoxy) is 2. The zero-order valence-electron chi connectivity index (χ0n) is 22.4. The molecule has 9 nitrogen and oxygen atoms in total. The van der Waals surface area contributed by atoms with Gasteiger partial charge < -0.3 is 19.8 Å². The second kappa shape index (κ2) is 11.3. The molecule has 0 bridgehead atoms. The summed E-state index contributed by atoms with van der Waals surface area (Å²) in [6, 6.07) is 19.0. The molecule has 1 saturated heterocycles. The number of imide groups is 1. The summed E-state index contributed by atoms with van der Waals surface area (Å²) in [6.07, 6.45) is 0. The van der Waals surface area contributed by atoms with Gasteiger partial charge in [-0.1, -0.05) is 52.4 Å². The molecule has 4 aromatic rings. The van der Waals surface area contributed by atoms with Crippen molar-refractivity contribution in [2.24, 2.45) is 5.92 Å². The van der Waals surface area contributed by atoms with E-state index in [1.165, 1.54) is 16.7 Å². The quantitative estimate of drug-likeness (QED) is 0.272. The first kappa shape index (κ1) is 28.1. The molecular weight excluding hydrogens is 598 g/mol. The van der Waals surface area contributed by atoms with Gasteiger partial charge in [-0.25, -0.2) is 4.90 Å². The minimum absolute atomic E-state index is 0.295. The van der Waals surface area contributed by atoms with Crippen LogP contribution < -0.4 is 24.6 Å². The molecule has 2 aliphatic heterocycles. The number of anilines is 2. The Kier molecular flexibility index (Phi) is 7.56. The zero-order chi connectivity index (χ0) is 29.5. The van der Waals surface area contributed by atoms with Gasteiger partial charge in [0.05, 0.1) is 23.7 Å². The number of rotatable bonds is 7. The number of thiazole rings is 1. The molecule has 6 rings (SSSR count). The molecule has 0 aliphatic carbocycles. The Morgan fingerprint density at radius 1 is 1.02 bits per heavy atom. The predicted molar refractivity (Wildman–Crippen MR) is 162 cm³/mol. The second-order valence-corrected chi connectivity index (χ2v) is 12.4. The number of nitrogens with one attached hydrogen (secondary N) is 2. The van der Waals surface area contributed by atoms with Crippen molar-refractivity contribution in [1.29, 1.82) is 0 Å². The lowest BCUT2D eigenvalue weighted by Gasteiger charge is -2.31. The van der Waals surface area contributed by atoms with Crippen molar-refractivity contribution in [3.63, 3.8) is 0 Å². The Morgan fingerprint density at radius 3 is 2.48 bits per heavy atom. The lowest BCUT2D eigenvalue weighted by Crippen LogP contribution is -2.32. The molecule has 3 amide bonds. The Morgan fingerprint density at radius 2 is 1.76 bits per heavy atom. The standard InChI is InChI=1S/C30H24ClN3O6S2/c1-15-3-8-18(9-4-15)34-28(36)24-23(25-27(33-30(38)42-25)41-26(24)29(34)37)20-13-16(31)5-12-21(20)40-14-22(35)32-17-6-10-19(39-2)11-7-17/h3-13,23-24,26H,14H2,1-2H3,(H,32,35)(H,33,38)/t23-,24-,26+/m0/s1. The molecule has 3 heterocycles. The number of benzene rings is 3. The first-order valence-corrected chi connectivity index (χ1v) is 15.0. The van der Waals surface area contributed by atoms with Gasteiger partial charge in [0.1, 0.15) is 16.7 Å². The van der Waals surface area contributed by atoms with Crippen LogP contribution in [0.25, 0.3) is 0 Å². The maximum atomic E-state index is 14.0. The summed E-state index contributed by atoms with van der Waals surface area (Å²) in [5.74, 6) is -1.68. The lowest BCUT2D eigenvalue weighted by atomic mass is 9.82. The van der Waals surface area contributed by atoms with E-state index < -0.39 is 23.0 Å². The maximum absolute atomic E-state index is 14.0. The first-order chi connectivity index (χ1) is 20.2. The minimum Gasteiger partial charge on any atom is -0.497 e. The van der Waals surface area contributed by atoms with E-state index in [4.69, 9.17) is 21.1 Å². The van der Waals surface area contributed by atoms with Gasteiger partial charge in [-0.05, 0) is 61.5 Å². The fourth-order valence-electron chi connectivity index (χ4n) is 5.21. The van der Waals surface area contributed by atoms with Crippen LogP contribution in [0.2, 0.25) is 5.02 Å². The summed E-state index contributed by atoms with van der Waals surface area (Å²) in [5.41, 5.74) is 2.57. The fourth-order valence-corrected chi connectivity index (χ4v) is 7.90. The van der Waals surface area contributed by atoms with E-state index in [1.54, 1.807) is 61.7 Å². The highest BCUT2D eigenvalue weighted by molar-refractivity contribution is 8.00. The Labute approximate surface area is 253 Å². The SMILES string of the molecule is COc1ccc(NC(=O)COc2ccc(Cl)cc2[C@@H]2c3sc(=O)[nH]c3S[C@H]3C(=O)N(c4ccc(C)cc4)C(=O)[C@@H]23)cc1. The number of aryl methyl sites for hydroxylation is 1. The molecule has 0 unspecified atom stereocenters. The van der Waals surface area contributed by atoms with E-state index in [0.29, 0.717) is 43.4 Å². The third-order valence-corrected chi connectivity index (χ3v) is 9.79. The molecule has 214 valence electrons. The molecule has 1 fully saturated rings. The number of amides is 3. The summed E-state index contributed by atoms with van der Waals surface area (Å²) in [4.78, 5) is 57.3. The number of fused-ring (bicyclic) bond motifs is 2. The van der Waals surface area contributed by atoms with Crippen LogP contribution in [-0.2, 0) is 14.4 Å². The monoisotopic (exact) mass is 621 g/mol. The highest BCUT2D eigenvalue weighted by Crippen LogP contribution is 2.54. The fraction of sp³-hybridized carbons (Fsp3) is 0.200. The number of halogens is 1. The number of H-pyrrole nitrogens is 1. The number of aromatic nitrogens is 1. The highest BCUT2D eigenvalue weighted by Gasteiger charge is 2.56. The van der Waals surface area contributed by atoms with E-state index in [1.807, 2.05) is 19.1 Å². The lowest BCUT2D eigenvalue weighted by molar-refractivity contribution is -0.122. The third kappa shape index (κ3) is 5.19. The smallest absolute Gasteiger partial charge is 0.305 e. The van der Waals surface area contributed by atoms with Crippen LogP contribution in [0.1, 0.15) is 21.9 Å². The van der Waals surface area contributed by atoms with Crippen molar-refractivity contribution in [3.05, 3.63) is 97.4 Å². The van der Waals surface area contributed by atoms with E-state index in [2.05, 4.69) is 10.3 Å². The number of thioether (sulfide) groups is 1. The number of hydrogen-bond acceptors (Lipinski definition) is 8. The Hall–Kier alpha value is -4.06. The van der Waals surface area contributed by atoms with Crippen molar-refractivity contribution < 1.29 is 23.9 Å². The van der Waals surface area contributed by atoms with Crippen LogP contribution >= 0.6 is 34.7 Å². The summed E-state index contributed by atoms with van der Waals surface area (Å²) in [7, 11) is 1.56. The normalized spacial score (nSPS) is 19.3. The van der Waals surface area contributed by atoms with Crippen molar-refractivity contribution in [1.82, 2.24) is 4.98 Å². The summed E-state index contributed by atoms with van der Waals surface area (Å²) < 4.78 is 11.1. The number of carbonyl (C=O) groups excluding carboxylic acids is 3. The predicted octanol–water partition coefficient (Wildman–Crippen LogP) is 5.22. The van der Waals surface area contributed by atoms with E-state index in [0.717, 1.165) is 16.9 Å². The molecule has 2 N–H and O–H groups in total. The van der Waals surface area contributed by atoms with Gasteiger partial charge >= 0.3 is 4.87 Å². The molecule has 12 heteroatoms. The van der Waals surface area contributed by atoms with E-state index in [9.17, 15) is 19.2 Å². The van der Waals surface area contributed by atoms with Crippen LogP contribution in [0, 0.1) is 12.8 Å². The average molecular weight is 622 g/mol. The number of aromatic amines is 1. The molecule has 3 atom stereocenters. The molecule has 3 aromatic carbocycles. The second-order valence-electron chi connectivity index (χ2n) is 9.84. The zero-order valence-corrected chi connectivity index (χ0v) is 24.8. The van der Waals surface area contributed by atoms with Crippen molar-refractivity contribution in [3.8, 4) is 11.5 Å². The van der Waals surface area contributed by atoms with Gasteiger partial charge in [-0.2, -0.15) is 0 Å². The number of hydrogen-bond donors (Lipinski definition) is 2. The Bertz CT molecular complexity index is 1750. The van der Waals surface area contributed by atoms with Gasteiger partial charge in [0, 0.05) is 27.1 Å². The molecular formula is C30H24ClN3O6S2. The van der Waals surface area contributed by atoms with Crippen LogP contribution in [0.4, 0.5) is 11.4 Å². The third-order valence-electron chi connectivity index (χ3n) is 7.16. The van der Waals surface area contributed by atoms with Gasteiger partial charge in [0.2, 0.25) is 11.8 Å². The molecule has 1 aromatic heterocycles. The van der Waals surface area contributed by atoms with Gasteiger partial charge in [0.15, 0.2) is 6.61 Å². The van der Waals surface area contributed by atoms with Gasteiger partial charge in [0.25, 0.3) is 5.91 Å². The topological polar surface area (TPSA) is 118 Å². The van der Waals surface area contributed by atoms with Crippen molar-refractivity contribution in [2.45, 2.75) is 23.1 Å². The van der Waals surface area contributed by atoms with Gasteiger partial charge in [-0.3, -0.25) is 19.2 Å². The molecule has 0 radical (unpaired) electrons. The van der Waals surface area contributed by atoms with Crippen molar-refractivity contribution >= 4 is 63.8 Å². The van der Waals surface area contributed by atoms with Crippen LogP contribution in [0.5, 0.6) is 11.5 Å². The van der Waals surface area contributed by atoms with Crippen LogP contribution in [0.15, 0.2) is 76.6 Å². The van der Waals surface area contributed by atoms with E-state index in [-0.39, 0.29) is 23.3 Å². The summed E-state index contributed by atoms with van der Waals surface area (Å²) in [5, 5.41) is 2.92. The van der Waals surface area contributed by atoms with Gasteiger partial charge in [-0.15, -0.1) is 0 Å².